The molecule has 90 valence electrons. The highest BCUT2D eigenvalue weighted by Crippen LogP contribution is 2.29. The molecule has 0 heterocycles. The van der Waals surface area contributed by atoms with E-state index in [4.69, 9.17) is 0 Å². The van der Waals surface area contributed by atoms with Crippen LogP contribution in [-0.2, 0) is 16.6 Å². The van der Waals surface area contributed by atoms with Crippen LogP contribution in [0.2, 0.25) is 0 Å². The molecule has 1 aromatic rings. The minimum absolute atomic E-state index is 0.00708. The molecule has 0 aromatic heterocycles. The molecule has 2 rings (SSSR count). The van der Waals surface area contributed by atoms with E-state index in [1.54, 1.807) is 0 Å². The Morgan fingerprint density at radius 2 is 2.00 bits per heavy atom. The van der Waals surface area contributed by atoms with E-state index in [0.717, 1.165) is 29.4 Å². The fourth-order valence-corrected chi connectivity index (χ4v) is 2.26. The van der Waals surface area contributed by atoms with Crippen LogP contribution in [0.5, 0.6) is 0 Å². The molecule has 0 amide bonds. The number of aldehydes is 1. The lowest BCUT2D eigenvalue weighted by molar-refractivity contribution is -0.110. The molecule has 0 aliphatic heterocycles. The lowest BCUT2D eigenvalue weighted by atomic mass is 9.79. The molecule has 0 spiro atoms. The summed E-state index contributed by atoms with van der Waals surface area (Å²) >= 11 is 0. The number of carbonyl (C=O) groups excluding carboxylic acids is 2. The highest BCUT2D eigenvalue weighted by atomic mass is 16.1. The molecule has 1 aliphatic rings. The maximum Gasteiger partial charge on any atom is 0.173 e. The predicted octanol–water partition coefficient (Wildman–Crippen LogP) is 2.93. The predicted molar refractivity (Wildman–Crippen MR) is 67.3 cm³/mol. The molecule has 0 N–H and O–H groups in total. The summed E-state index contributed by atoms with van der Waals surface area (Å²) < 4.78 is 0. The summed E-state index contributed by atoms with van der Waals surface area (Å²) in [6.45, 7) is 6.37. The second-order valence-corrected chi connectivity index (χ2v) is 5.77. The van der Waals surface area contributed by atoms with Gasteiger partial charge in [-0.15, -0.1) is 0 Å². The maximum absolute atomic E-state index is 12.1. The van der Waals surface area contributed by atoms with Crippen LogP contribution >= 0.6 is 0 Å². The summed E-state index contributed by atoms with van der Waals surface area (Å²) in [4.78, 5) is 22.9. The van der Waals surface area contributed by atoms with Crippen LogP contribution in [0.15, 0.2) is 18.2 Å². The van der Waals surface area contributed by atoms with Crippen LogP contribution in [0, 0.1) is 5.92 Å². The minimum atomic E-state index is -0.433. The molecule has 1 unspecified atom stereocenters. The van der Waals surface area contributed by atoms with Gasteiger partial charge in [0.2, 0.25) is 0 Å². The van der Waals surface area contributed by atoms with Crippen molar-refractivity contribution in [2.24, 2.45) is 5.92 Å². The molecule has 0 saturated heterocycles. The quantitative estimate of drug-likeness (QED) is 0.549. The standard InChI is InChI=1S/C15H18O2/c1-15(2,3)12-7-6-10-4-5-11(9-16)14(17)13(10)8-12/h6-9,11H,4-5H2,1-3H3. The number of fused-ring (bicyclic) bond motifs is 1. The third-order valence-electron chi connectivity index (χ3n) is 3.47. The largest absolute Gasteiger partial charge is 0.303 e. The Hall–Kier alpha value is -1.44. The van der Waals surface area contributed by atoms with Crippen molar-refractivity contribution >= 4 is 12.1 Å². The van der Waals surface area contributed by atoms with E-state index in [2.05, 4.69) is 26.8 Å². The summed E-state index contributed by atoms with van der Waals surface area (Å²) in [6, 6.07) is 6.09. The van der Waals surface area contributed by atoms with E-state index in [9.17, 15) is 9.59 Å². The van der Waals surface area contributed by atoms with E-state index >= 15 is 0 Å². The van der Waals surface area contributed by atoms with Crippen LogP contribution in [-0.4, -0.2) is 12.1 Å². The molecule has 2 heteroatoms. The van der Waals surface area contributed by atoms with Gasteiger partial charge in [0.25, 0.3) is 0 Å². The number of ketones is 1. The number of aryl methyl sites for hydroxylation is 1. The topological polar surface area (TPSA) is 34.1 Å². The van der Waals surface area contributed by atoms with Gasteiger partial charge in [-0.1, -0.05) is 32.9 Å². The molecule has 0 bridgehead atoms. The zero-order valence-electron chi connectivity index (χ0n) is 10.6. The second kappa shape index (κ2) is 4.10. The Morgan fingerprint density at radius 1 is 1.29 bits per heavy atom. The van der Waals surface area contributed by atoms with Crippen LogP contribution in [0.25, 0.3) is 0 Å². The zero-order chi connectivity index (χ0) is 12.6. The van der Waals surface area contributed by atoms with Crippen molar-refractivity contribution < 1.29 is 9.59 Å². The molecule has 1 aliphatic carbocycles. The lowest BCUT2D eigenvalue weighted by Gasteiger charge is -2.24. The van der Waals surface area contributed by atoms with Crippen LogP contribution < -0.4 is 0 Å². The van der Waals surface area contributed by atoms with Gasteiger partial charge >= 0.3 is 0 Å². The van der Waals surface area contributed by atoms with Crippen molar-refractivity contribution in [3.8, 4) is 0 Å². The van der Waals surface area contributed by atoms with E-state index in [-0.39, 0.29) is 11.2 Å². The highest BCUT2D eigenvalue weighted by Gasteiger charge is 2.28. The molecular weight excluding hydrogens is 212 g/mol. The first-order valence-corrected chi connectivity index (χ1v) is 6.06. The summed E-state index contributed by atoms with van der Waals surface area (Å²) in [5, 5.41) is 0. The van der Waals surface area contributed by atoms with Gasteiger partial charge in [-0.2, -0.15) is 0 Å². The fourth-order valence-electron chi connectivity index (χ4n) is 2.26. The number of Topliss-reactive ketones (excluding diaryl/α,β-unsaturated/α-hetero) is 1. The summed E-state index contributed by atoms with van der Waals surface area (Å²) in [7, 11) is 0. The molecule has 1 aromatic carbocycles. The fraction of sp³-hybridized carbons (Fsp3) is 0.467. The van der Waals surface area contributed by atoms with E-state index in [1.165, 1.54) is 0 Å². The van der Waals surface area contributed by atoms with E-state index < -0.39 is 5.92 Å². The first kappa shape index (κ1) is 12.0. The van der Waals surface area contributed by atoms with E-state index in [0.29, 0.717) is 6.42 Å². The average Bonchev–Trinajstić information content (AvgIpc) is 2.28. The van der Waals surface area contributed by atoms with Gasteiger partial charge in [0.15, 0.2) is 5.78 Å². The van der Waals surface area contributed by atoms with Crippen molar-refractivity contribution in [3.63, 3.8) is 0 Å². The highest BCUT2D eigenvalue weighted by molar-refractivity contribution is 6.07. The van der Waals surface area contributed by atoms with Crippen LogP contribution in [0.3, 0.4) is 0 Å². The number of rotatable bonds is 1. The van der Waals surface area contributed by atoms with Crippen molar-refractivity contribution in [1.29, 1.82) is 0 Å². The summed E-state index contributed by atoms with van der Waals surface area (Å²) in [5.41, 5.74) is 3.02. The third kappa shape index (κ3) is 2.17. The zero-order valence-corrected chi connectivity index (χ0v) is 10.6. The van der Waals surface area contributed by atoms with Gasteiger partial charge in [-0.3, -0.25) is 4.79 Å². The van der Waals surface area contributed by atoms with Gasteiger partial charge < -0.3 is 4.79 Å². The molecule has 2 nitrogen and oxygen atoms in total. The smallest absolute Gasteiger partial charge is 0.173 e. The Kier molecular flexibility index (Phi) is 2.90. The van der Waals surface area contributed by atoms with Gasteiger partial charge in [0, 0.05) is 5.56 Å². The lowest BCUT2D eigenvalue weighted by Crippen LogP contribution is -2.24. The van der Waals surface area contributed by atoms with E-state index in [1.807, 2.05) is 12.1 Å². The molecule has 0 saturated carbocycles. The normalized spacial score (nSPS) is 19.9. The van der Waals surface area contributed by atoms with Crippen LogP contribution in [0.1, 0.15) is 48.7 Å². The molecule has 17 heavy (non-hydrogen) atoms. The van der Waals surface area contributed by atoms with Crippen molar-refractivity contribution in [2.75, 3.05) is 0 Å². The van der Waals surface area contributed by atoms with Gasteiger partial charge in [-0.25, -0.2) is 0 Å². The Balaban J connectivity index is 2.47. The third-order valence-corrected chi connectivity index (χ3v) is 3.47. The van der Waals surface area contributed by atoms with Crippen molar-refractivity contribution in [3.05, 3.63) is 34.9 Å². The monoisotopic (exact) mass is 230 g/mol. The van der Waals surface area contributed by atoms with Crippen LogP contribution in [0.4, 0.5) is 0 Å². The average molecular weight is 230 g/mol. The Bertz CT molecular complexity index is 466. The summed E-state index contributed by atoms with van der Waals surface area (Å²) in [5.74, 6) is -0.440. The van der Waals surface area contributed by atoms with Gasteiger partial charge in [0.05, 0.1) is 5.92 Å². The Labute approximate surface area is 102 Å². The molecule has 0 radical (unpaired) electrons. The molecule has 1 atom stereocenters. The minimum Gasteiger partial charge on any atom is -0.303 e. The number of benzene rings is 1. The SMILES string of the molecule is CC(C)(C)c1ccc2c(c1)C(=O)C(C=O)CC2. The number of hydrogen-bond acceptors (Lipinski definition) is 2. The molecular formula is C15H18O2. The Morgan fingerprint density at radius 3 is 2.59 bits per heavy atom. The molecule has 0 fully saturated rings. The van der Waals surface area contributed by atoms with Crippen molar-refractivity contribution in [2.45, 2.75) is 39.0 Å². The van der Waals surface area contributed by atoms with Gasteiger partial charge in [-0.05, 0) is 35.4 Å². The number of carbonyl (C=O) groups is 2. The maximum atomic E-state index is 12.1. The van der Waals surface area contributed by atoms with Crippen molar-refractivity contribution in [1.82, 2.24) is 0 Å². The first-order valence-electron chi connectivity index (χ1n) is 6.06. The second-order valence-electron chi connectivity index (χ2n) is 5.77. The number of hydrogen-bond donors (Lipinski definition) is 0. The van der Waals surface area contributed by atoms with Gasteiger partial charge in [0.1, 0.15) is 6.29 Å². The summed E-state index contributed by atoms with van der Waals surface area (Å²) in [6.07, 6.45) is 2.27. The first-order chi connectivity index (χ1) is 7.93.